The normalized spacial score (nSPS) is 10.9. The Kier molecular flexibility index (Phi) is 3.81. The summed E-state index contributed by atoms with van der Waals surface area (Å²) in [5.41, 5.74) is 1.61. The van der Waals surface area contributed by atoms with E-state index < -0.39 is 4.92 Å². The van der Waals surface area contributed by atoms with E-state index in [1.165, 1.54) is 16.2 Å². The van der Waals surface area contributed by atoms with Crippen LogP contribution in [0.3, 0.4) is 0 Å². The number of halogens is 1. The van der Waals surface area contributed by atoms with Crippen LogP contribution in [0, 0.1) is 10.1 Å². The molecule has 0 unspecified atom stereocenters. The van der Waals surface area contributed by atoms with E-state index in [-0.39, 0.29) is 5.82 Å². The highest BCUT2D eigenvalue weighted by Crippen LogP contribution is 2.31. The molecule has 21 heavy (non-hydrogen) atoms. The molecule has 3 rings (SSSR count). The van der Waals surface area contributed by atoms with E-state index in [1.54, 1.807) is 36.5 Å². The van der Waals surface area contributed by atoms with Gasteiger partial charge in [-0.25, -0.2) is 0 Å². The van der Waals surface area contributed by atoms with Crippen LogP contribution in [0.15, 0.2) is 53.7 Å². The van der Waals surface area contributed by atoms with Crippen molar-refractivity contribution in [2.24, 2.45) is 0 Å². The van der Waals surface area contributed by atoms with Gasteiger partial charge in [0, 0.05) is 16.8 Å². The monoisotopic (exact) mass is 319 g/mol. The van der Waals surface area contributed by atoms with E-state index in [0.717, 1.165) is 5.56 Å². The molecular weight excluding hydrogens is 310 g/mol. The third-order valence-corrected chi connectivity index (χ3v) is 4.21. The van der Waals surface area contributed by atoms with Crippen LogP contribution in [0.1, 0.15) is 5.56 Å². The third-order valence-electron chi connectivity index (χ3n) is 2.94. The van der Waals surface area contributed by atoms with Crippen molar-refractivity contribution in [1.82, 2.24) is 9.38 Å². The summed E-state index contributed by atoms with van der Waals surface area (Å²) in [5, 5.41) is 12.4. The molecule has 0 atom stereocenters. The number of benzene rings is 1. The maximum atomic E-state index is 11.3. The summed E-state index contributed by atoms with van der Waals surface area (Å²) in [6.07, 6.45) is 1.65. The van der Waals surface area contributed by atoms with Crippen molar-refractivity contribution in [3.8, 4) is 0 Å². The third kappa shape index (κ3) is 2.86. The average Bonchev–Trinajstić information content (AvgIpc) is 2.85. The molecule has 0 bridgehead atoms. The van der Waals surface area contributed by atoms with Crippen LogP contribution in [0.5, 0.6) is 0 Å². The first-order valence-corrected chi connectivity index (χ1v) is 7.50. The predicted molar refractivity (Wildman–Crippen MR) is 82.9 cm³/mol. The highest BCUT2D eigenvalue weighted by molar-refractivity contribution is 7.98. The molecule has 106 valence electrons. The number of hydrogen-bond acceptors (Lipinski definition) is 4. The van der Waals surface area contributed by atoms with Gasteiger partial charge in [-0.2, -0.15) is 9.38 Å². The van der Waals surface area contributed by atoms with Crippen LogP contribution in [0.25, 0.3) is 5.65 Å². The summed E-state index contributed by atoms with van der Waals surface area (Å²) < 4.78 is 1.49. The highest BCUT2D eigenvalue weighted by atomic mass is 35.5. The van der Waals surface area contributed by atoms with Gasteiger partial charge in [-0.3, -0.25) is 0 Å². The highest BCUT2D eigenvalue weighted by Gasteiger charge is 2.22. The molecule has 0 spiro atoms. The fraction of sp³-hybridized carbons (Fsp3) is 0.0714. The largest absolute Gasteiger partial charge is 0.361 e. The number of hydrogen-bond donors (Lipinski definition) is 0. The zero-order valence-corrected chi connectivity index (χ0v) is 12.3. The second-order valence-electron chi connectivity index (χ2n) is 4.34. The Balaban J connectivity index is 1.91. The Morgan fingerprint density at radius 2 is 2.00 bits per heavy atom. The van der Waals surface area contributed by atoms with Crippen molar-refractivity contribution in [1.29, 1.82) is 0 Å². The number of aromatic nitrogens is 2. The number of fused-ring (bicyclic) bond motifs is 1. The van der Waals surface area contributed by atoms with Gasteiger partial charge in [0.05, 0.1) is 6.20 Å². The molecule has 0 aliphatic carbocycles. The zero-order chi connectivity index (χ0) is 14.8. The first kappa shape index (κ1) is 13.9. The van der Waals surface area contributed by atoms with Crippen molar-refractivity contribution in [3.05, 3.63) is 69.4 Å². The van der Waals surface area contributed by atoms with Crippen LogP contribution in [-0.2, 0) is 5.75 Å². The van der Waals surface area contributed by atoms with E-state index in [9.17, 15) is 10.1 Å². The molecule has 2 aromatic heterocycles. The van der Waals surface area contributed by atoms with Gasteiger partial charge in [0.15, 0.2) is 5.03 Å². The van der Waals surface area contributed by atoms with Gasteiger partial charge in [-0.05, 0) is 28.7 Å². The van der Waals surface area contributed by atoms with Gasteiger partial charge in [-0.1, -0.05) is 41.6 Å². The lowest BCUT2D eigenvalue weighted by atomic mass is 10.2. The molecule has 0 aliphatic rings. The fourth-order valence-electron chi connectivity index (χ4n) is 1.96. The van der Waals surface area contributed by atoms with E-state index in [4.69, 9.17) is 11.6 Å². The molecule has 0 fully saturated rings. The standard InChI is InChI=1S/C14H10ClN3O2S/c15-11-6-4-10(5-7-11)9-21-13-14(18(19)20)17-8-2-1-3-12(17)16-13/h1-8H,9H2. The predicted octanol–water partition coefficient (Wildman–Crippen LogP) is 4.19. The first-order chi connectivity index (χ1) is 10.1. The summed E-state index contributed by atoms with van der Waals surface area (Å²) in [7, 11) is 0. The van der Waals surface area contributed by atoms with E-state index in [1.807, 2.05) is 12.1 Å². The molecule has 0 saturated heterocycles. The maximum Gasteiger partial charge on any atom is 0.361 e. The molecule has 0 amide bonds. The van der Waals surface area contributed by atoms with Crippen LogP contribution in [-0.4, -0.2) is 14.3 Å². The molecule has 7 heteroatoms. The number of pyridine rings is 1. The van der Waals surface area contributed by atoms with Gasteiger partial charge < -0.3 is 10.1 Å². The number of nitrogens with zero attached hydrogens (tertiary/aromatic N) is 3. The van der Waals surface area contributed by atoms with Gasteiger partial charge in [0.2, 0.25) is 5.65 Å². The van der Waals surface area contributed by atoms with E-state index in [2.05, 4.69) is 4.98 Å². The fourth-order valence-corrected chi connectivity index (χ4v) is 3.04. The number of rotatable bonds is 4. The Labute approximate surface area is 129 Å². The number of thioether (sulfide) groups is 1. The molecule has 1 aromatic carbocycles. The minimum atomic E-state index is -0.399. The minimum absolute atomic E-state index is 0.00423. The van der Waals surface area contributed by atoms with Crippen LogP contribution in [0.4, 0.5) is 5.82 Å². The lowest BCUT2D eigenvalue weighted by Gasteiger charge is -2.00. The average molecular weight is 320 g/mol. The lowest BCUT2D eigenvalue weighted by molar-refractivity contribution is -0.393. The zero-order valence-electron chi connectivity index (χ0n) is 10.8. The molecule has 0 saturated carbocycles. The van der Waals surface area contributed by atoms with E-state index in [0.29, 0.717) is 21.4 Å². The summed E-state index contributed by atoms with van der Waals surface area (Å²) in [6.45, 7) is 0. The SMILES string of the molecule is O=[N+]([O-])c1c(SCc2ccc(Cl)cc2)nc2ccccn12. The Morgan fingerprint density at radius 3 is 2.71 bits per heavy atom. The second-order valence-corrected chi connectivity index (χ2v) is 5.74. The molecule has 0 aliphatic heterocycles. The van der Waals surface area contributed by atoms with Crippen LogP contribution in [0.2, 0.25) is 5.02 Å². The van der Waals surface area contributed by atoms with Crippen LogP contribution >= 0.6 is 23.4 Å². The molecule has 0 N–H and O–H groups in total. The maximum absolute atomic E-state index is 11.3. The Morgan fingerprint density at radius 1 is 1.24 bits per heavy atom. The Bertz CT molecular complexity index is 802. The van der Waals surface area contributed by atoms with Crippen molar-refractivity contribution in [2.45, 2.75) is 10.8 Å². The summed E-state index contributed by atoms with van der Waals surface area (Å²) in [4.78, 5) is 15.2. The molecule has 3 aromatic rings. The smallest absolute Gasteiger partial charge is 0.358 e. The topological polar surface area (TPSA) is 60.4 Å². The molecule has 2 heterocycles. The summed E-state index contributed by atoms with van der Waals surface area (Å²) >= 11 is 7.18. The summed E-state index contributed by atoms with van der Waals surface area (Å²) in [6, 6.07) is 12.7. The lowest BCUT2D eigenvalue weighted by Crippen LogP contribution is -1.94. The van der Waals surface area contributed by atoms with Gasteiger partial charge >= 0.3 is 5.82 Å². The van der Waals surface area contributed by atoms with Crippen molar-refractivity contribution in [3.63, 3.8) is 0 Å². The van der Waals surface area contributed by atoms with E-state index >= 15 is 0 Å². The molecule has 5 nitrogen and oxygen atoms in total. The van der Waals surface area contributed by atoms with Crippen LogP contribution < -0.4 is 0 Å². The van der Waals surface area contributed by atoms with Gasteiger partial charge in [0.1, 0.15) is 0 Å². The first-order valence-electron chi connectivity index (χ1n) is 6.14. The quantitative estimate of drug-likeness (QED) is 0.411. The van der Waals surface area contributed by atoms with Gasteiger partial charge in [0.25, 0.3) is 0 Å². The number of nitro groups is 1. The molecule has 0 radical (unpaired) electrons. The number of imidazole rings is 1. The Hall–Kier alpha value is -2.05. The van der Waals surface area contributed by atoms with Crippen molar-refractivity contribution < 1.29 is 4.92 Å². The molecular formula is C14H10ClN3O2S. The summed E-state index contributed by atoms with van der Waals surface area (Å²) in [5.74, 6) is 0.603. The second kappa shape index (κ2) is 5.75. The van der Waals surface area contributed by atoms with Crippen molar-refractivity contribution in [2.75, 3.05) is 0 Å². The van der Waals surface area contributed by atoms with Gasteiger partial charge in [-0.15, -0.1) is 0 Å². The van der Waals surface area contributed by atoms with Crippen molar-refractivity contribution >= 4 is 34.8 Å². The minimum Gasteiger partial charge on any atom is -0.358 e.